The van der Waals surface area contributed by atoms with E-state index in [0.717, 1.165) is 10.8 Å². The third-order valence-corrected chi connectivity index (χ3v) is 5.61. The molecule has 0 saturated carbocycles. The Balaban J connectivity index is 0.00000312. The van der Waals surface area contributed by atoms with Gasteiger partial charge in [0.2, 0.25) is 10.0 Å². The van der Waals surface area contributed by atoms with Crippen molar-refractivity contribution in [2.45, 2.75) is 18.7 Å². The Morgan fingerprint density at radius 3 is 2.52 bits per heavy atom. The molecule has 25 heavy (non-hydrogen) atoms. The summed E-state index contributed by atoms with van der Waals surface area (Å²) in [4.78, 5) is 29.5. The molecule has 2 aromatic heterocycles. The summed E-state index contributed by atoms with van der Waals surface area (Å²) in [7, 11) is -0.950. The Kier molecular flexibility index (Phi) is 6.17. The summed E-state index contributed by atoms with van der Waals surface area (Å²) in [6.45, 7) is 4.26. The van der Waals surface area contributed by atoms with Gasteiger partial charge in [0.25, 0.3) is 5.56 Å². The first-order valence-corrected chi connectivity index (χ1v) is 8.69. The quantitative estimate of drug-likeness (QED) is 0.716. The molecule has 0 radical (unpaired) electrons. The van der Waals surface area contributed by atoms with E-state index in [1.165, 1.54) is 24.5 Å². The molecule has 0 aliphatic carbocycles. The second kappa shape index (κ2) is 7.24. The second-order valence-electron chi connectivity index (χ2n) is 6.49. The van der Waals surface area contributed by atoms with Gasteiger partial charge >= 0.3 is 5.69 Å². The number of fused-ring (bicyclic) bond motifs is 1. The van der Waals surface area contributed by atoms with Crippen LogP contribution in [0.4, 0.5) is 0 Å². The van der Waals surface area contributed by atoms with Crippen LogP contribution in [0.3, 0.4) is 0 Å². The lowest BCUT2D eigenvalue weighted by Gasteiger charge is -2.28. The molecule has 0 unspecified atom stereocenters. The van der Waals surface area contributed by atoms with Crippen molar-refractivity contribution < 1.29 is 8.42 Å². The molecule has 9 nitrogen and oxygen atoms in total. The molecule has 0 aromatic carbocycles. The number of sulfonamides is 1. The van der Waals surface area contributed by atoms with Gasteiger partial charge in [-0.05, 0) is 18.0 Å². The number of H-pyrrole nitrogens is 1. The van der Waals surface area contributed by atoms with E-state index < -0.39 is 26.7 Å². The SMILES string of the molecule is CN(CC(C)(C)CN)S(=O)(=O)c1cnc2c(c1)c(=O)[nH]c(=O)n2C.Cl. The average molecular weight is 392 g/mol. The molecule has 0 aliphatic heterocycles. The van der Waals surface area contributed by atoms with Gasteiger partial charge in [-0.3, -0.25) is 14.3 Å². The standard InChI is InChI=1S/C14H21N5O4S.ClH/c1-14(2,7-15)8-18(3)24(22,23)9-5-10-11(16-6-9)19(4)13(21)17-12(10)20;/h5-6H,7-8,15H2,1-4H3,(H,17,20,21);1H. The van der Waals surface area contributed by atoms with Crippen LogP contribution >= 0.6 is 12.4 Å². The largest absolute Gasteiger partial charge is 0.330 e. The first-order chi connectivity index (χ1) is 11.0. The minimum atomic E-state index is -3.84. The van der Waals surface area contributed by atoms with Gasteiger partial charge in [-0.25, -0.2) is 22.5 Å². The maximum Gasteiger partial charge on any atom is 0.329 e. The highest BCUT2D eigenvalue weighted by Crippen LogP contribution is 2.21. The van der Waals surface area contributed by atoms with Crippen molar-refractivity contribution in [3.63, 3.8) is 0 Å². The number of nitrogens with two attached hydrogens (primary N) is 1. The highest BCUT2D eigenvalue weighted by molar-refractivity contribution is 7.89. The lowest BCUT2D eigenvalue weighted by molar-refractivity contribution is 0.292. The van der Waals surface area contributed by atoms with Crippen LogP contribution in [0.25, 0.3) is 11.0 Å². The fourth-order valence-electron chi connectivity index (χ4n) is 2.29. The number of aromatic amines is 1. The lowest BCUT2D eigenvalue weighted by Crippen LogP contribution is -2.39. The molecular weight excluding hydrogens is 370 g/mol. The van der Waals surface area contributed by atoms with Gasteiger partial charge in [0.1, 0.15) is 10.5 Å². The van der Waals surface area contributed by atoms with Crippen LogP contribution in [0, 0.1) is 5.41 Å². The molecule has 3 N–H and O–H groups in total. The number of hydrogen-bond acceptors (Lipinski definition) is 6. The van der Waals surface area contributed by atoms with Crippen molar-refractivity contribution in [1.29, 1.82) is 0 Å². The van der Waals surface area contributed by atoms with Crippen LogP contribution in [-0.2, 0) is 17.1 Å². The Hall–Kier alpha value is -1.75. The van der Waals surface area contributed by atoms with Crippen LogP contribution in [0.1, 0.15) is 13.8 Å². The third-order valence-electron chi connectivity index (χ3n) is 3.84. The van der Waals surface area contributed by atoms with E-state index in [-0.39, 0.29) is 34.9 Å². The lowest BCUT2D eigenvalue weighted by atomic mass is 9.94. The van der Waals surface area contributed by atoms with Crippen LogP contribution in [0.5, 0.6) is 0 Å². The number of aromatic nitrogens is 3. The molecule has 0 spiro atoms. The number of rotatable bonds is 5. The summed E-state index contributed by atoms with van der Waals surface area (Å²) in [6.07, 6.45) is 1.14. The van der Waals surface area contributed by atoms with Gasteiger partial charge in [0, 0.05) is 26.8 Å². The minimum absolute atomic E-state index is 0. The fourth-order valence-corrected chi connectivity index (χ4v) is 3.62. The Labute approximate surface area is 151 Å². The van der Waals surface area contributed by atoms with E-state index in [4.69, 9.17) is 5.73 Å². The van der Waals surface area contributed by atoms with Crippen molar-refractivity contribution in [3.8, 4) is 0 Å². The van der Waals surface area contributed by atoms with Crippen LogP contribution in [0.15, 0.2) is 26.7 Å². The smallest absolute Gasteiger partial charge is 0.329 e. The van der Waals surface area contributed by atoms with Gasteiger partial charge in [-0.1, -0.05) is 13.8 Å². The number of hydrogen-bond donors (Lipinski definition) is 2. The fraction of sp³-hybridized carbons (Fsp3) is 0.500. The number of nitrogens with one attached hydrogen (secondary N) is 1. The van der Waals surface area contributed by atoms with E-state index in [2.05, 4.69) is 9.97 Å². The molecule has 140 valence electrons. The molecule has 0 atom stereocenters. The molecular formula is C14H22ClN5O4S. The molecule has 2 aromatic rings. The third kappa shape index (κ3) is 4.09. The molecule has 0 bridgehead atoms. The van der Waals surface area contributed by atoms with E-state index >= 15 is 0 Å². The number of nitrogens with zero attached hydrogens (tertiary/aromatic N) is 3. The van der Waals surface area contributed by atoms with Gasteiger partial charge < -0.3 is 5.73 Å². The molecule has 2 heterocycles. The number of halogens is 1. The normalized spacial score (nSPS) is 12.4. The van der Waals surface area contributed by atoms with Crippen molar-refractivity contribution in [2.24, 2.45) is 18.2 Å². The first kappa shape index (κ1) is 21.3. The second-order valence-corrected chi connectivity index (χ2v) is 8.53. The van der Waals surface area contributed by atoms with Gasteiger partial charge in [0.15, 0.2) is 0 Å². The molecule has 0 aliphatic rings. The average Bonchev–Trinajstić information content (AvgIpc) is 2.51. The van der Waals surface area contributed by atoms with Crippen molar-refractivity contribution in [1.82, 2.24) is 18.8 Å². The van der Waals surface area contributed by atoms with E-state index in [1.54, 1.807) is 0 Å². The molecule has 0 fully saturated rings. The summed E-state index contributed by atoms with van der Waals surface area (Å²) < 4.78 is 27.7. The molecule has 0 amide bonds. The van der Waals surface area contributed by atoms with E-state index in [0.29, 0.717) is 6.54 Å². The first-order valence-electron chi connectivity index (χ1n) is 7.25. The zero-order valence-electron chi connectivity index (χ0n) is 14.4. The van der Waals surface area contributed by atoms with Crippen LogP contribution < -0.4 is 17.0 Å². The Bertz CT molecular complexity index is 996. The van der Waals surface area contributed by atoms with Crippen molar-refractivity contribution in [2.75, 3.05) is 20.1 Å². The summed E-state index contributed by atoms with van der Waals surface area (Å²) in [5.41, 5.74) is 4.08. The molecule has 2 rings (SSSR count). The van der Waals surface area contributed by atoms with Gasteiger partial charge in [-0.2, -0.15) is 0 Å². The van der Waals surface area contributed by atoms with Gasteiger partial charge in [-0.15, -0.1) is 12.4 Å². The molecule has 11 heteroatoms. The Morgan fingerprint density at radius 2 is 1.96 bits per heavy atom. The van der Waals surface area contributed by atoms with Gasteiger partial charge in [0.05, 0.1) is 5.39 Å². The highest BCUT2D eigenvalue weighted by Gasteiger charge is 2.28. The topological polar surface area (TPSA) is 131 Å². The summed E-state index contributed by atoms with van der Waals surface area (Å²) in [6, 6.07) is 1.22. The summed E-state index contributed by atoms with van der Waals surface area (Å²) in [5.74, 6) is 0. The van der Waals surface area contributed by atoms with E-state index in [1.807, 2.05) is 13.8 Å². The maximum absolute atomic E-state index is 12.7. The highest BCUT2D eigenvalue weighted by atomic mass is 35.5. The molecule has 0 saturated heterocycles. The number of aryl methyl sites for hydroxylation is 1. The summed E-state index contributed by atoms with van der Waals surface area (Å²) >= 11 is 0. The zero-order valence-corrected chi connectivity index (χ0v) is 16.1. The predicted molar refractivity (Wildman–Crippen MR) is 97.5 cm³/mol. The van der Waals surface area contributed by atoms with Crippen LogP contribution in [0.2, 0.25) is 0 Å². The van der Waals surface area contributed by atoms with Crippen LogP contribution in [-0.4, -0.2) is 47.4 Å². The van der Waals surface area contributed by atoms with Crippen molar-refractivity contribution in [3.05, 3.63) is 33.1 Å². The number of pyridine rings is 1. The van der Waals surface area contributed by atoms with E-state index in [9.17, 15) is 18.0 Å². The maximum atomic E-state index is 12.7. The summed E-state index contributed by atoms with van der Waals surface area (Å²) in [5, 5.41) is 0.0321. The zero-order chi connectivity index (χ0) is 18.3. The Morgan fingerprint density at radius 1 is 1.36 bits per heavy atom. The monoisotopic (exact) mass is 391 g/mol. The minimum Gasteiger partial charge on any atom is -0.330 e. The van der Waals surface area contributed by atoms with Crippen molar-refractivity contribution >= 4 is 33.5 Å². The predicted octanol–water partition coefficient (Wildman–Crippen LogP) is -0.351.